The number of aliphatic hydroxyl groups is 1. The second-order valence-electron chi connectivity index (χ2n) is 29.3. The van der Waals surface area contributed by atoms with Crippen LogP contribution < -0.4 is 0 Å². The van der Waals surface area contributed by atoms with Crippen molar-refractivity contribution in [1.82, 2.24) is 0 Å². The van der Waals surface area contributed by atoms with Crippen LogP contribution in [-0.4, -0.2) is 96.7 Å². The molecule has 19 heteroatoms. The predicted molar refractivity (Wildman–Crippen MR) is 386 cm³/mol. The molecule has 3 unspecified atom stereocenters. The van der Waals surface area contributed by atoms with Gasteiger partial charge in [0.25, 0.3) is 0 Å². The lowest BCUT2D eigenvalue weighted by Crippen LogP contribution is -2.30. The molecule has 0 saturated carbocycles. The second kappa shape index (κ2) is 65.4. The van der Waals surface area contributed by atoms with Gasteiger partial charge in [0.2, 0.25) is 0 Å². The molecule has 0 heterocycles. The van der Waals surface area contributed by atoms with Crippen molar-refractivity contribution in [2.24, 2.45) is 23.7 Å². The third-order valence-corrected chi connectivity index (χ3v) is 19.5. The Hall–Kier alpha value is -1.94. The van der Waals surface area contributed by atoms with E-state index in [0.29, 0.717) is 37.5 Å². The van der Waals surface area contributed by atoms with Crippen molar-refractivity contribution in [1.29, 1.82) is 0 Å². The Kier molecular flexibility index (Phi) is 64.0. The summed E-state index contributed by atoms with van der Waals surface area (Å²) in [4.78, 5) is 72.7. The highest BCUT2D eigenvalue weighted by Crippen LogP contribution is 2.45. The van der Waals surface area contributed by atoms with E-state index in [2.05, 4.69) is 55.4 Å². The monoisotopic (exact) mass is 1400 g/mol. The van der Waals surface area contributed by atoms with Gasteiger partial charge in [-0.1, -0.05) is 331 Å². The summed E-state index contributed by atoms with van der Waals surface area (Å²) in [5.41, 5.74) is 0. The molecule has 0 aliphatic rings. The van der Waals surface area contributed by atoms with E-state index in [1.807, 2.05) is 0 Å². The quantitative estimate of drug-likeness (QED) is 0.0222. The average molecular weight is 1400 g/mol. The maximum Gasteiger partial charge on any atom is 0.472 e. The van der Waals surface area contributed by atoms with Crippen LogP contribution in [-0.2, 0) is 65.4 Å². The summed E-state index contributed by atoms with van der Waals surface area (Å²) in [5.74, 6) is 0.877. The van der Waals surface area contributed by atoms with Gasteiger partial charge in [0.1, 0.15) is 19.3 Å². The molecule has 17 nitrogen and oxygen atoms in total. The number of esters is 4. The molecule has 0 aliphatic carbocycles. The molecule has 0 aromatic rings. The molecule has 0 saturated heterocycles. The van der Waals surface area contributed by atoms with Gasteiger partial charge in [0.15, 0.2) is 12.2 Å². The summed E-state index contributed by atoms with van der Waals surface area (Å²) in [5, 5.41) is 10.6. The maximum absolute atomic E-state index is 13.1. The fraction of sp³-hybridized carbons (Fsp3) is 0.947. The number of hydrogen-bond acceptors (Lipinski definition) is 15. The Balaban J connectivity index is 5.22. The molecule has 0 aliphatic heterocycles. The highest BCUT2D eigenvalue weighted by atomic mass is 31.2. The van der Waals surface area contributed by atoms with Crippen LogP contribution in [0, 0.1) is 23.7 Å². The van der Waals surface area contributed by atoms with Gasteiger partial charge in [-0.25, -0.2) is 9.13 Å². The molecule has 0 aromatic heterocycles. The zero-order valence-corrected chi connectivity index (χ0v) is 64.1. The average Bonchev–Trinajstić information content (AvgIpc) is 1.66. The number of phosphoric ester groups is 2. The van der Waals surface area contributed by atoms with Gasteiger partial charge in [-0.3, -0.25) is 37.3 Å². The molecule has 3 N–H and O–H groups in total. The first-order chi connectivity index (χ1) is 45.6. The number of carbonyl (C=O) groups excluding carboxylic acids is 4. The fourth-order valence-corrected chi connectivity index (χ4v) is 13.1. The minimum Gasteiger partial charge on any atom is -0.462 e. The smallest absolute Gasteiger partial charge is 0.462 e. The molecular formula is C76H148O17P2. The van der Waals surface area contributed by atoms with Crippen molar-refractivity contribution >= 4 is 39.5 Å². The summed E-state index contributed by atoms with van der Waals surface area (Å²) in [6.45, 7) is 14.1. The van der Waals surface area contributed by atoms with Gasteiger partial charge >= 0.3 is 39.5 Å². The minimum atomic E-state index is -4.96. The van der Waals surface area contributed by atoms with E-state index < -0.39 is 97.5 Å². The van der Waals surface area contributed by atoms with Crippen molar-refractivity contribution in [2.45, 2.75) is 401 Å². The molecule has 0 rings (SSSR count). The van der Waals surface area contributed by atoms with E-state index in [1.165, 1.54) is 180 Å². The number of aliphatic hydroxyl groups excluding tert-OH is 1. The number of carbonyl (C=O) groups is 4. The van der Waals surface area contributed by atoms with Gasteiger partial charge in [-0.15, -0.1) is 0 Å². The zero-order chi connectivity index (χ0) is 70.3. The van der Waals surface area contributed by atoms with Crippen molar-refractivity contribution in [3.8, 4) is 0 Å². The van der Waals surface area contributed by atoms with Gasteiger partial charge in [-0.05, 0) is 49.4 Å². The molecular weight excluding hydrogens is 1250 g/mol. The first-order valence-electron chi connectivity index (χ1n) is 39.2. The SMILES string of the molecule is CC(C)CCCCCCCCCCCCCCCCCCC(=O)O[C@H](COC(=O)CCCCCCCCCCCCCCCC(C)C)COP(=O)(O)OCC(O)COP(=O)(O)OC[C@@H](COC(=O)CCCCCCCCCC(C)C)OC(=O)CCCCCCCCCC(C)C. The number of ether oxygens (including phenoxy) is 4. The van der Waals surface area contributed by atoms with Crippen LogP contribution in [0.2, 0.25) is 0 Å². The lowest BCUT2D eigenvalue weighted by molar-refractivity contribution is -0.161. The van der Waals surface area contributed by atoms with Crippen molar-refractivity contribution in [3.63, 3.8) is 0 Å². The van der Waals surface area contributed by atoms with Gasteiger partial charge in [-0.2, -0.15) is 0 Å². The standard InChI is InChI=1S/C76H148O17P2/c1-66(2)52-44-36-28-22-18-14-11-9-10-12-16-21-25-33-42-50-58-75(80)92-71(62-86-73(78)56-48-40-32-24-20-17-13-15-19-23-29-37-45-53-67(3)4)64-90-94(82,83)88-60-70(77)61-89-95(84,85)91-65-72(93-76(81)59-51-43-35-27-31-39-47-55-69(7)8)63-87-74(79)57-49-41-34-26-30-38-46-54-68(5)6/h66-72,77H,9-65H2,1-8H3,(H,82,83)(H,84,85)/t70?,71-,72-/m1/s1. The van der Waals surface area contributed by atoms with Crippen LogP contribution in [0.5, 0.6) is 0 Å². The van der Waals surface area contributed by atoms with E-state index in [0.717, 1.165) is 108 Å². The van der Waals surface area contributed by atoms with Crippen molar-refractivity contribution < 1.29 is 80.2 Å². The van der Waals surface area contributed by atoms with E-state index in [1.54, 1.807) is 0 Å². The van der Waals surface area contributed by atoms with Gasteiger partial charge < -0.3 is 33.8 Å². The highest BCUT2D eigenvalue weighted by molar-refractivity contribution is 7.47. The molecule has 0 aromatic carbocycles. The van der Waals surface area contributed by atoms with E-state index in [-0.39, 0.29) is 25.7 Å². The third-order valence-electron chi connectivity index (χ3n) is 17.6. The first kappa shape index (κ1) is 93.1. The van der Waals surface area contributed by atoms with Crippen LogP contribution in [0.1, 0.15) is 383 Å². The molecule has 0 amide bonds. The molecule has 0 spiro atoms. The van der Waals surface area contributed by atoms with Crippen LogP contribution in [0.15, 0.2) is 0 Å². The molecule has 5 atom stereocenters. The summed E-state index contributed by atoms with van der Waals surface area (Å²) in [7, 11) is -9.91. The Bertz CT molecular complexity index is 1870. The minimum absolute atomic E-state index is 0.102. The maximum atomic E-state index is 13.1. The lowest BCUT2D eigenvalue weighted by atomic mass is 10.0. The van der Waals surface area contributed by atoms with Crippen LogP contribution in [0.25, 0.3) is 0 Å². The van der Waals surface area contributed by atoms with Crippen LogP contribution >= 0.6 is 15.6 Å². The lowest BCUT2D eigenvalue weighted by Gasteiger charge is -2.21. The largest absolute Gasteiger partial charge is 0.472 e. The molecule has 95 heavy (non-hydrogen) atoms. The number of phosphoric acid groups is 2. The Morgan fingerprint density at radius 2 is 0.442 bits per heavy atom. The summed E-state index contributed by atoms with van der Waals surface area (Å²) in [6.07, 6.45) is 50.2. The van der Waals surface area contributed by atoms with Crippen LogP contribution in [0.4, 0.5) is 0 Å². The zero-order valence-electron chi connectivity index (χ0n) is 62.3. The molecule has 0 radical (unpaired) electrons. The van der Waals surface area contributed by atoms with E-state index in [9.17, 15) is 43.2 Å². The predicted octanol–water partition coefficient (Wildman–Crippen LogP) is 22.0. The first-order valence-corrected chi connectivity index (χ1v) is 42.2. The molecule has 564 valence electrons. The van der Waals surface area contributed by atoms with E-state index in [4.69, 9.17) is 37.0 Å². The highest BCUT2D eigenvalue weighted by Gasteiger charge is 2.30. The summed E-state index contributed by atoms with van der Waals surface area (Å²) >= 11 is 0. The van der Waals surface area contributed by atoms with Crippen molar-refractivity contribution in [3.05, 3.63) is 0 Å². The number of rotatable bonds is 73. The molecule has 0 bridgehead atoms. The number of unbranched alkanes of at least 4 members (excludes halogenated alkanes) is 39. The van der Waals surface area contributed by atoms with Crippen molar-refractivity contribution in [2.75, 3.05) is 39.6 Å². The fourth-order valence-electron chi connectivity index (χ4n) is 11.6. The van der Waals surface area contributed by atoms with E-state index >= 15 is 0 Å². The number of hydrogen-bond donors (Lipinski definition) is 3. The summed E-state index contributed by atoms with van der Waals surface area (Å²) in [6, 6.07) is 0. The second-order valence-corrected chi connectivity index (χ2v) is 32.2. The van der Waals surface area contributed by atoms with Gasteiger partial charge in [0.05, 0.1) is 26.4 Å². The Morgan fingerprint density at radius 1 is 0.263 bits per heavy atom. The Labute approximate surface area is 581 Å². The van der Waals surface area contributed by atoms with Crippen LogP contribution in [0.3, 0.4) is 0 Å². The van der Waals surface area contributed by atoms with Gasteiger partial charge in [0, 0.05) is 25.7 Å². The topological polar surface area (TPSA) is 237 Å². The third kappa shape index (κ3) is 70.3. The molecule has 0 fully saturated rings. The Morgan fingerprint density at radius 3 is 0.653 bits per heavy atom. The normalized spacial score (nSPS) is 14.1. The summed E-state index contributed by atoms with van der Waals surface area (Å²) < 4.78 is 68.5.